The number of carboxylic acid groups (broad SMARTS) is 1. The molecule has 0 bridgehead atoms. The van der Waals surface area contributed by atoms with Crippen LogP contribution < -0.4 is 5.32 Å². The van der Waals surface area contributed by atoms with Crippen molar-refractivity contribution in [3.8, 4) is 0 Å². The molecule has 1 aliphatic heterocycles. The molecular weight excluding hydrogens is 286 g/mol. The maximum atomic E-state index is 11.3. The summed E-state index contributed by atoms with van der Waals surface area (Å²) in [5, 5.41) is 12.3. The van der Waals surface area contributed by atoms with Gasteiger partial charge in [-0.3, -0.25) is 4.79 Å². The zero-order valence-electron chi connectivity index (χ0n) is 12.4. The number of hydrogen-bond acceptors (Lipinski definition) is 3. The van der Waals surface area contributed by atoms with Crippen molar-refractivity contribution in [3.05, 3.63) is 34.9 Å². The van der Waals surface area contributed by atoms with Crippen LogP contribution in [0.1, 0.15) is 54.1 Å². The van der Waals surface area contributed by atoms with Gasteiger partial charge in [0.15, 0.2) is 0 Å². The van der Waals surface area contributed by atoms with E-state index in [4.69, 9.17) is 0 Å². The number of benzene rings is 1. The molecule has 0 radical (unpaired) electrons. The number of carbonyl (C=O) groups excluding carboxylic acids is 1. The second kappa shape index (κ2) is 6.98. The SMILES string of the molecule is CC(C)c1ccc(CCC[C@H]2CSC(=O)N2)cc1C(=O)O. The molecule has 0 aliphatic carbocycles. The summed E-state index contributed by atoms with van der Waals surface area (Å²) < 4.78 is 0. The second-order valence-electron chi connectivity index (χ2n) is 5.71. The lowest BCUT2D eigenvalue weighted by molar-refractivity contribution is 0.0695. The lowest BCUT2D eigenvalue weighted by Gasteiger charge is -2.12. The van der Waals surface area contributed by atoms with E-state index in [1.807, 2.05) is 26.0 Å². The van der Waals surface area contributed by atoms with Crippen molar-refractivity contribution in [2.45, 2.75) is 45.1 Å². The van der Waals surface area contributed by atoms with E-state index in [0.29, 0.717) is 5.56 Å². The molecule has 0 unspecified atom stereocenters. The molecule has 1 atom stereocenters. The fourth-order valence-electron chi connectivity index (χ4n) is 2.58. The number of rotatable bonds is 6. The molecule has 21 heavy (non-hydrogen) atoms. The van der Waals surface area contributed by atoms with Crippen LogP contribution in [0.25, 0.3) is 0 Å². The van der Waals surface area contributed by atoms with Gasteiger partial charge in [-0.1, -0.05) is 37.7 Å². The zero-order chi connectivity index (χ0) is 15.4. The highest BCUT2D eigenvalue weighted by atomic mass is 32.2. The Balaban J connectivity index is 1.96. The van der Waals surface area contributed by atoms with Crippen LogP contribution in [0.4, 0.5) is 4.79 Å². The van der Waals surface area contributed by atoms with Gasteiger partial charge in [0.2, 0.25) is 0 Å². The third-order valence-electron chi connectivity index (χ3n) is 3.73. The number of aryl methyl sites for hydroxylation is 1. The van der Waals surface area contributed by atoms with Crippen LogP contribution in [0.15, 0.2) is 18.2 Å². The molecule has 1 fully saturated rings. The summed E-state index contributed by atoms with van der Waals surface area (Å²) in [4.78, 5) is 22.4. The molecule has 0 saturated carbocycles. The van der Waals surface area contributed by atoms with Crippen molar-refractivity contribution in [2.75, 3.05) is 5.75 Å². The molecule has 0 spiro atoms. The summed E-state index contributed by atoms with van der Waals surface area (Å²) in [5.74, 6) is 0.182. The van der Waals surface area contributed by atoms with Gasteiger partial charge in [-0.05, 0) is 42.4 Å². The van der Waals surface area contributed by atoms with Crippen molar-refractivity contribution in [1.82, 2.24) is 5.32 Å². The molecule has 1 aromatic carbocycles. The van der Waals surface area contributed by atoms with Crippen LogP contribution in [0.5, 0.6) is 0 Å². The van der Waals surface area contributed by atoms with Crippen LogP contribution in [-0.4, -0.2) is 28.1 Å². The number of thioether (sulfide) groups is 1. The van der Waals surface area contributed by atoms with Crippen LogP contribution in [-0.2, 0) is 6.42 Å². The van der Waals surface area contributed by atoms with E-state index in [0.717, 1.165) is 36.1 Å². The smallest absolute Gasteiger partial charge is 0.335 e. The van der Waals surface area contributed by atoms with Gasteiger partial charge in [0.05, 0.1) is 5.56 Å². The third-order valence-corrected chi connectivity index (χ3v) is 4.67. The second-order valence-corrected chi connectivity index (χ2v) is 6.71. The van der Waals surface area contributed by atoms with Gasteiger partial charge in [-0.15, -0.1) is 0 Å². The van der Waals surface area contributed by atoms with E-state index in [-0.39, 0.29) is 17.2 Å². The van der Waals surface area contributed by atoms with E-state index >= 15 is 0 Å². The van der Waals surface area contributed by atoms with E-state index in [2.05, 4.69) is 5.32 Å². The minimum Gasteiger partial charge on any atom is -0.478 e. The van der Waals surface area contributed by atoms with Crippen LogP contribution >= 0.6 is 11.8 Å². The van der Waals surface area contributed by atoms with Gasteiger partial charge in [0.1, 0.15) is 0 Å². The van der Waals surface area contributed by atoms with Gasteiger partial charge < -0.3 is 10.4 Å². The van der Waals surface area contributed by atoms with Crippen molar-refractivity contribution >= 4 is 23.0 Å². The molecule has 1 amide bonds. The Labute approximate surface area is 129 Å². The maximum absolute atomic E-state index is 11.3. The van der Waals surface area contributed by atoms with Gasteiger partial charge in [-0.25, -0.2) is 4.79 Å². The normalized spacial score (nSPS) is 18.0. The Morgan fingerprint density at radius 1 is 1.48 bits per heavy atom. The number of nitrogens with one attached hydrogen (secondary N) is 1. The lowest BCUT2D eigenvalue weighted by atomic mass is 9.93. The Kier molecular flexibility index (Phi) is 5.28. The largest absolute Gasteiger partial charge is 0.478 e. The van der Waals surface area contributed by atoms with E-state index in [1.54, 1.807) is 6.07 Å². The lowest BCUT2D eigenvalue weighted by Crippen LogP contribution is -2.25. The molecular formula is C16H21NO3S. The number of carbonyl (C=O) groups is 2. The van der Waals surface area contributed by atoms with Gasteiger partial charge in [0, 0.05) is 11.8 Å². The molecule has 1 saturated heterocycles. The number of aromatic carboxylic acids is 1. The third kappa shape index (κ3) is 4.24. The summed E-state index contributed by atoms with van der Waals surface area (Å²) in [6.07, 6.45) is 2.73. The van der Waals surface area contributed by atoms with E-state index < -0.39 is 5.97 Å². The van der Waals surface area contributed by atoms with Crippen LogP contribution in [0.2, 0.25) is 0 Å². The average molecular weight is 307 g/mol. The summed E-state index contributed by atoms with van der Waals surface area (Å²) in [6, 6.07) is 6.00. The molecule has 2 rings (SSSR count). The number of carboxylic acids is 1. The zero-order valence-corrected chi connectivity index (χ0v) is 13.2. The summed E-state index contributed by atoms with van der Waals surface area (Å²) in [7, 11) is 0. The molecule has 0 aromatic heterocycles. The summed E-state index contributed by atoms with van der Waals surface area (Å²) in [5.41, 5.74) is 2.34. The minimum absolute atomic E-state index is 0.0643. The van der Waals surface area contributed by atoms with Crippen LogP contribution in [0.3, 0.4) is 0 Å². The van der Waals surface area contributed by atoms with E-state index in [1.165, 1.54) is 11.8 Å². The number of amides is 1. The molecule has 1 heterocycles. The number of hydrogen-bond donors (Lipinski definition) is 2. The standard InChI is InChI=1S/C16H21NO3S/c1-10(2)13-7-6-11(8-14(13)15(18)19)4-3-5-12-9-21-16(20)17-12/h6-8,10,12H,3-5,9H2,1-2H3,(H,17,20)(H,18,19)/t12-/m0/s1. The van der Waals surface area contributed by atoms with Crippen LogP contribution in [0, 0.1) is 0 Å². The highest BCUT2D eigenvalue weighted by Gasteiger charge is 2.21. The van der Waals surface area contributed by atoms with Gasteiger partial charge in [0.25, 0.3) is 5.24 Å². The first-order valence-electron chi connectivity index (χ1n) is 7.26. The first-order valence-corrected chi connectivity index (χ1v) is 8.25. The predicted octanol–water partition coefficient (Wildman–Crippen LogP) is 3.66. The molecule has 114 valence electrons. The Bertz CT molecular complexity index is 542. The van der Waals surface area contributed by atoms with Gasteiger partial charge >= 0.3 is 5.97 Å². The highest BCUT2D eigenvalue weighted by molar-refractivity contribution is 8.13. The van der Waals surface area contributed by atoms with Crippen molar-refractivity contribution in [3.63, 3.8) is 0 Å². The Morgan fingerprint density at radius 2 is 2.24 bits per heavy atom. The Hall–Kier alpha value is -1.49. The quantitative estimate of drug-likeness (QED) is 0.842. The summed E-state index contributed by atoms with van der Waals surface area (Å²) >= 11 is 1.34. The molecule has 1 aliphatic rings. The molecule has 5 heteroatoms. The van der Waals surface area contributed by atoms with Gasteiger partial charge in [-0.2, -0.15) is 0 Å². The first-order chi connectivity index (χ1) is 9.97. The van der Waals surface area contributed by atoms with Crippen molar-refractivity contribution in [1.29, 1.82) is 0 Å². The maximum Gasteiger partial charge on any atom is 0.335 e. The monoisotopic (exact) mass is 307 g/mol. The average Bonchev–Trinajstić information content (AvgIpc) is 2.84. The van der Waals surface area contributed by atoms with E-state index in [9.17, 15) is 14.7 Å². The first kappa shape index (κ1) is 15.9. The summed E-state index contributed by atoms with van der Waals surface area (Å²) in [6.45, 7) is 4.00. The minimum atomic E-state index is -0.861. The predicted molar refractivity (Wildman–Crippen MR) is 85.2 cm³/mol. The van der Waals surface area contributed by atoms with Crippen molar-refractivity contribution < 1.29 is 14.7 Å². The molecule has 2 N–H and O–H groups in total. The Morgan fingerprint density at radius 3 is 2.81 bits per heavy atom. The molecule has 1 aromatic rings. The van der Waals surface area contributed by atoms with Crippen molar-refractivity contribution in [2.24, 2.45) is 0 Å². The topological polar surface area (TPSA) is 66.4 Å². The highest BCUT2D eigenvalue weighted by Crippen LogP contribution is 2.23. The fourth-order valence-corrected chi connectivity index (χ4v) is 3.43. The molecule has 4 nitrogen and oxygen atoms in total. The fraction of sp³-hybridized carbons (Fsp3) is 0.500.